The molecule has 0 aliphatic rings. The van der Waals surface area contributed by atoms with Crippen LogP contribution in [0, 0.1) is 5.92 Å². The Kier molecular flexibility index (Phi) is 3.02. The molecular weight excluding hydrogens is 245 g/mol. The zero-order chi connectivity index (χ0) is 13.3. The standard InChI is InChI=1S/C12H11F3N2O/c1-7(12(13,14)15)11(18)17-10-6-16-9-5-3-2-4-8(9)10/h2-7,16H,1H3,(H,17,18). The normalized spacial score (nSPS) is 13.6. The van der Waals surface area contributed by atoms with E-state index in [0.29, 0.717) is 11.1 Å². The Morgan fingerprint density at radius 1 is 1.33 bits per heavy atom. The lowest BCUT2D eigenvalue weighted by atomic mass is 10.1. The maximum Gasteiger partial charge on any atom is 0.400 e. The van der Waals surface area contributed by atoms with Crippen LogP contribution in [-0.4, -0.2) is 17.1 Å². The minimum absolute atomic E-state index is 0.353. The molecule has 2 N–H and O–H groups in total. The number of benzene rings is 1. The van der Waals surface area contributed by atoms with Crippen LogP contribution in [0.15, 0.2) is 30.5 Å². The van der Waals surface area contributed by atoms with Crippen LogP contribution < -0.4 is 5.32 Å². The Morgan fingerprint density at radius 3 is 2.67 bits per heavy atom. The molecule has 1 unspecified atom stereocenters. The summed E-state index contributed by atoms with van der Waals surface area (Å²) in [6, 6.07) is 7.04. The fraction of sp³-hybridized carbons (Fsp3) is 0.250. The first-order valence-corrected chi connectivity index (χ1v) is 5.33. The molecule has 0 spiro atoms. The number of anilines is 1. The molecule has 0 radical (unpaired) electrons. The molecule has 2 rings (SSSR count). The fourth-order valence-electron chi connectivity index (χ4n) is 1.56. The van der Waals surface area contributed by atoms with Gasteiger partial charge in [-0.3, -0.25) is 4.79 Å². The molecule has 96 valence electrons. The summed E-state index contributed by atoms with van der Waals surface area (Å²) in [5.74, 6) is -3.10. The van der Waals surface area contributed by atoms with Gasteiger partial charge in [-0.25, -0.2) is 0 Å². The maximum absolute atomic E-state index is 12.4. The van der Waals surface area contributed by atoms with Gasteiger partial charge in [-0.15, -0.1) is 0 Å². The molecule has 0 saturated carbocycles. The molecule has 2 aromatic rings. The molecule has 1 heterocycles. The Morgan fingerprint density at radius 2 is 2.00 bits per heavy atom. The molecule has 3 nitrogen and oxygen atoms in total. The number of hydrogen-bond acceptors (Lipinski definition) is 1. The van der Waals surface area contributed by atoms with Gasteiger partial charge in [-0.05, 0) is 13.0 Å². The van der Waals surface area contributed by atoms with Gasteiger partial charge in [0.2, 0.25) is 5.91 Å². The molecule has 1 atom stereocenters. The average Bonchev–Trinajstić information content (AvgIpc) is 2.70. The number of carbonyl (C=O) groups is 1. The van der Waals surface area contributed by atoms with Crippen LogP contribution in [0.4, 0.5) is 18.9 Å². The Bertz CT molecular complexity index is 574. The first kappa shape index (κ1) is 12.5. The monoisotopic (exact) mass is 256 g/mol. The van der Waals surface area contributed by atoms with Gasteiger partial charge in [0.1, 0.15) is 5.92 Å². The van der Waals surface area contributed by atoms with Gasteiger partial charge in [-0.2, -0.15) is 13.2 Å². The predicted molar refractivity (Wildman–Crippen MR) is 62.1 cm³/mol. The van der Waals surface area contributed by atoms with Crippen LogP contribution in [0.25, 0.3) is 10.9 Å². The highest BCUT2D eigenvalue weighted by atomic mass is 19.4. The van der Waals surface area contributed by atoms with E-state index < -0.39 is 18.0 Å². The maximum atomic E-state index is 12.4. The molecule has 0 bridgehead atoms. The molecule has 1 amide bonds. The van der Waals surface area contributed by atoms with Crippen molar-refractivity contribution >= 4 is 22.5 Å². The number of alkyl halides is 3. The molecular formula is C12H11F3N2O. The lowest BCUT2D eigenvalue weighted by Gasteiger charge is -2.14. The molecule has 6 heteroatoms. The second-order valence-corrected chi connectivity index (χ2v) is 4.00. The van der Waals surface area contributed by atoms with Crippen LogP contribution in [-0.2, 0) is 4.79 Å². The van der Waals surface area contributed by atoms with Crippen molar-refractivity contribution in [2.75, 3.05) is 5.32 Å². The van der Waals surface area contributed by atoms with Crippen LogP contribution in [0.5, 0.6) is 0 Å². The van der Waals surface area contributed by atoms with Crippen LogP contribution in [0.1, 0.15) is 6.92 Å². The third-order valence-electron chi connectivity index (χ3n) is 2.73. The second kappa shape index (κ2) is 4.36. The van der Waals surface area contributed by atoms with E-state index in [-0.39, 0.29) is 0 Å². The van der Waals surface area contributed by atoms with Gasteiger partial charge >= 0.3 is 6.18 Å². The Hall–Kier alpha value is -1.98. The zero-order valence-corrected chi connectivity index (χ0v) is 9.51. The summed E-state index contributed by atoms with van der Waals surface area (Å²) in [4.78, 5) is 14.3. The van der Waals surface area contributed by atoms with Crippen LogP contribution in [0.3, 0.4) is 0 Å². The van der Waals surface area contributed by atoms with Crippen molar-refractivity contribution in [2.45, 2.75) is 13.1 Å². The summed E-state index contributed by atoms with van der Waals surface area (Å²) in [6.07, 6.45) is -3.05. The summed E-state index contributed by atoms with van der Waals surface area (Å²) in [7, 11) is 0. The summed E-state index contributed by atoms with van der Waals surface area (Å²) >= 11 is 0. The summed E-state index contributed by atoms with van der Waals surface area (Å²) in [5, 5.41) is 2.96. The van der Waals surface area contributed by atoms with Gasteiger partial charge in [-0.1, -0.05) is 18.2 Å². The number of fused-ring (bicyclic) bond motifs is 1. The van der Waals surface area contributed by atoms with E-state index in [4.69, 9.17) is 0 Å². The SMILES string of the molecule is CC(C(=O)Nc1c[nH]c2ccccc12)C(F)(F)F. The lowest BCUT2D eigenvalue weighted by molar-refractivity contribution is -0.175. The van der Waals surface area contributed by atoms with E-state index in [1.165, 1.54) is 6.20 Å². The third-order valence-corrected chi connectivity index (χ3v) is 2.73. The van der Waals surface area contributed by atoms with E-state index >= 15 is 0 Å². The van der Waals surface area contributed by atoms with Crippen molar-refractivity contribution in [3.8, 4) is 0 Å². The molecule has 1 aromatic carbocycles. The number of nitrogens with one attached hydrogen (secondary N) is 2. The van der Waals surface area contributed by atoms with E-state index in [1.54, 1.807) is 24.3 Å². The van der Waals surface area contributed by atoms with Crippen molar-refractivity contribution in [1.82, 2.24) is 4.98 Å². The number of halogens is 3. The summed E-state index contributed by atoms with van der Waals surface area (Å²) < 4.78 is 37.1. The minimum Gasteiger partial charge on any atom is -0.359 e. The largest absolute Gasteiger partial charge is 0.400 e. The first-order chi connectivity index (χ1) is 8.39. The van der Waals surface area contributed by atoms with E-state index in [0.717, 1.165) is 12.4 Å². The number of hydrogen-bond donors (Lipinski definition) is 2. The molecule has 0 aliphatic heterocycles. The second-order valence-electron chi connectivity index (χ2n) is 4.00. The number of para-hydroxylation sites is 1. The topological polar surface area (TPSA) is 44.9 Å². The van der Waals surface area contributed by atoms with Crippen molar-refractivity contribution in [2.24, 2.45) is 5.92 Å². The number of rotatable bonds is 2. The zero-order valence-electron chi connectivity index (χ0n) is 9.51. The number of carbonyl (C=O) groups excluding carboxylic acids is 1. The van der Waals surface area contributed by atoms with Crippen molar-refractivity contribution in [3.05, 3.63) is 30.5 Å². The number of H-pyrrole nitrogens is 1. The van der Waals surface area contributed by atoms with E-state index in [1.807, 2.05) is 0 Å². The fourth-order valence-corrected chi connectivity index (χ4v) is 1.56. The van der Waals surface area contributed by atoms with Gasteiger partial charge < -0.3 is 10.3 Å². The lowest BCUT2D eigenvalue weighted by Crippen LogP contribution is -2.32. The predicted octanol–water partition coefficient (Wildman–Crippen LogP) is 3.30. The van der Waals surface area contributed by atoms with Gasteiger partial charge in [0.25, 0.3) is 0 Å². The first-order valence-electron chi connectivity index (χ1n) is 5.33. The Balaban J connectivity index is 2.22. The van der Waals surface area contributed by atoms with Gasteiger partial charge in [0.05, 0.1) is 5.69 Å². The van der Waals surface area contributed by atoms with Crippen molar-refractivity contribution in [1.29, 1.82) is 0 Å². The highest BCUT2D eigenvalue weighted by Crippen LogP contribution is 2.28. The quantitative estimate of drug-likeness (QED) is 0.850. The minimum atomic E-state index is -4.53. The smallest absolute Gasteiger partial charge is 0.359 e. The third kappa shape index (κ3) is 2.32. The van der Waals surface area contributed by atoms with Gasteiger partial charge in [0.15, 0.2) is 0 Å². The summed E-state index contributed by atoms with van der Waals surface area (Å²) in [5.41, 5.74) is 1.11. The van der Waals surface area contributed by atoms with E-state index in [2.05, 4.69) is 10.3 Å². The Labute approximate surface area is 101 Å². The van der Waals surface area contributed by atoms with Crippen LogP contribution >= 0.6 is 0 Å². The number of aromatic amines is 1. The van der Waals surface area contributed by atoms with Crippen molar-refractivity contribution in [3.63, 3.8) is 0 Å². The van der Waals surface area contributed by atoms with Crippen LogP contribution in [0.2, 0.25) is 0 Å². The number of amides is 1. The van der Waals surface area contributed by atoms with Crippen molar-refractivity contribution < 1.29 is 18.0 Å². The molecule has 18 heavy (non-hydrogen) atoms. The highest BCUT2D eigenvalue weighted by molar-refractivity contribution is 6.02. The molecule has 0 aliphatic carbocycles. The molecule has 0 saturated heterocycles. The average molecular weight is 256 g/mol. The molecule has 1 aromatic heterocycles. The van der Waals surface area contributed by atoms with Gasteiger partial charge in [0, 0.05) is 17.1 Å². The molecule has 0 fully saturated rings. The van der Waals surface area contributed by atoms with E-state index in [9.17, 15) is 18.0 Å². The number of aromatic nitrogens is 1. The highest BCUT2D eigenvalue weighted by Gasteiger charge is 2.41. The summed E-state index contributed by atoms with van der Waals surface area (Å²) in [6.45, 7) is 0.837.